The van der Waals surface area contributed by atoms with E-state index in [9.17, 15) is 9.59 Å². The quantitative estimate of drug-likeness (QED) is 0.381. The molecular weight excluding hydrogens is 352 g/mol. The number of rotatable bonds is 10. The van der Waals surface area contributed by atoms with Crippen molar-refractivity contribution in [2.45, 2.75) is 45.4 Å². The van der Waals surface area contributed by atoms with Crippen molar-refractivity contribution in [2.75, 3.05) is 6.54 Å². The molecule has 0 aliphatic rings. The molecule has 0 atom stereocenters. The fourth-order valence-corrected chi connectivity index (χ4v) is 2.76. The number of carbonyl (C=O) groups excluding carboxylic acids is 2. The molecular formula is C23H26N2O3. The predicted molar refractivity (Wildman–Crippen MR) is 108 cm³/mol. The van der Waals surface area contributed by atoms with E-state index in [4.69, 9.17) is 10.00 Å². The summed E-state index contributed by atoms with van der Waals surface area (Å²) in [6, 6.07) is 16.6. The SMILES string of the molecule is CCCCCc1ccc(C(=O)Oc2ccc(CCNC(=O)CC#N)cc2)cc1. The van der Waals surface area contributed by atoms with E-state index in [1.807, 2.05) is 42.5 Å². The van der Waals surface area contributed by atoms with Crippen molar-refractivity contribution in [2.24, 2.45) is 0 Å². The van der Waals surface area contributed by atoms with Crippen LogP contribution in [-0.2, 0) is 17.6 Å². The van der Waals surface area contributed by atoms with Gasteiger partial charge in [0.25, 0.3) is 0 Å². The van der Waals surface area contributed by atoms with Crippen LogP contribution in [0.4, 0.5) is 0 Å². The molecule has 0 heterocycles. The van der Waals surface area contributed by atoms with Crippen LogP contribution in [0.5, 0.6) is 5.75 Å². The molecule has 0 bridgehead atoms. The largest absolute Gasteiger partial charge is 0.423 e. The number of carbonyl (C=O) groups is 2. The van der Waals surface area contributed by atoms with Crippen molar-refractivity contribution in [1.29, 1.82) is 5.26 Å². The standard InChI is InChI=1S/C23H26N2O3/c1-2-3-4-5-18-6-10-20(11-7-18)23(27)28-21-12-8-19(9-13-21)15-17-25-22(26)14-16-24/h6-13H,2-5,14-15,17H2,1H3,(H,25,26). The van der Waals surface area contributed by atoms with Crippen molar-refractivity contribution in [3.8, 4) is 11.8 Å². The molecule has 146 valence electrons. The molecule has 0 saturated heterocycles. The summed E-state index contributed by atoms with van der Waals surface area (Å²) < 4.78 is 5.42. The molecule has 2 aromatic carbocycles. The van der Waals surface area contributed by atoms with Crippen LogP contribution in [0.15, 0.2) is 48.5 Å². The van der Waals surface area contributed by atoms with Crippen LogP contribution in [0, 0.1) is 11.3 Å². The summed E-state index contributed by atoms with van der Waals surface area (Å²) in [7, 11) is 0. The number of nitriles is 1. The highest BCUT2D eigenvalue weighted by molar-refractivity contribution is 5.91. The third-order valence-electron chi connectivity index (χ3n) is 4.37. The van der Waals surface area contributed by atoms with E-state index in [0.29, 0.717) is 24.3 Å². The summed E-state index contributed by atoms with van der Waals surface area (Å²) in [5, 5.41) is 11.1. The average molecular weight is 378 g/mol. The molecule has 0 radical (unpaired) electrons. The van der Waals surface area contributed by atoms with Crippen LogP contribution in [0.2, 0.25) is 0 Å². The highest BCUT2D eigenvalue weighted by atomic mass is 16.5. The van der Waals surface area contributed by atoms with Gasteiger partial charge in [-0.25, -0.2) is 4.79 Å². The number of hydrogen-bond acceptors (Lipinski definition) is 4. The highest BCUT2D eigenvalue weighted by Gasteiger charge is 2.09. The second kappa shape index (κ2) is 11.6. The van der Waals surface area contributed by atoms with Gasteiger partial charge in [0.05, 0.1) is 11.6 Å². The molecule has 0 aliphatic carbocycles. The van der Waals surface area contributed by atoms with Gasteiger partial charge in [0.1, 0.15) is 12.2 Å². The number of hydrogen-bond donors (Lipinski definition) is 1. The molecule has 2 rings (SSSR count). The number of unbranched alkanes of at least 4 members (excludes halogenated alkanes) is 2. The topological polar surface area (TPSA) is 79.2 Å². The van der Waals surface area contributed by atoms with Gasteiger partial charge in [0.2, 0.25) is 5.91 Å². The normalized spacial score (nSPS) is 10.1. The first-order valence-corrected chi connectivity index (χ1v) is 9.66. The zero-order valence-electron chi connectivity index (χ0n) is 16.2. The Morgan fingerprint density at radius 2 is 1.61 bits per heavy atom. The Hall–Kier alpha value is -3.13. The summed E-state index contributed by atoms with van der Waals surface area (Å²) in [4.78, 5) is 23.5. The Morgan fingerprint density at radius 3 is 2.25 bits per heavy atom. The van der Waals surface area contributed by atoms with E-state index in [1.54, 1.807) is 12.1 Å². The predicted octanol–water partition coefficient (Wildman–Crippen LogP) is 4.21. The van der Waals surface area contributed by atoms with Gasteiger partial charge in [0.15, 0.2) is 0 Å². The van der Waals surface area contributed by atoms with Crippen LogP contribution in [0.3, 0.4) is 0 Å². The van der Waals surface area contributed by atoms with Crippen LogP contribution in [0.25, 0.3) is 0 Å². The molecule has 0 spiro atoms. The van der Waals surface area contributed by atoms with Crippen LogP contribution in [0.1, 0.15) is 54.1 Å². The Kier molecular flexibility index (Phi) is 8.74. The smallest absolute Gasteiger partial charge is 0.343 e. The van der Waals surface area contributed by atoms with Gasteiger partial charge < -0.3 is 10.1 Å². The van der Waals surface area contributed by atoms with Crippen molar-refractivity contribution >= 4 is 11.9 Å². The summed E-state index contributed by atoms with van der Waals surface area (Å²) in [6.45, 7) is 2.64. The zero-order chi connectivity index (χ0) is 20.2. The number of esters is 1. The minimum atomic E-state index is -0.378. The minimum Gasteiger partial charge on any atom is -0.423 e. The maximum absolute atomic E-state index is 12.3. The number of nitrogens with zero attached hydrogens (tertiary/aromatic N) is 1. The number of nitrogens with one attached hydrogen (secondary N) is 1. The monoisotopic (exact) mass is 378 g/mol. The van der Waals surface area contributed by atoms with E-state index in [-0.39, 0.29) is 18.3 Å². The van der Waals surface area contributed by atoms with Crippen molar-refractivity contribution in [3.63, 3.8) is 0 Å². The van der Waals surface area contributed by atoms with Crippen LogP contribution < -0.4 is 10.1 Å². The Bertz CT molecular complexity index is 805. The molecule has 0 unspecified atom stereocenters. The number of aryl methyl sites for hydroxylation is 1. The molecule has 0 saturated carbocycles. The van der Waals surface area contributed by atoms with Crippen molar-refractivity contribution in [3.05, 3.63) is 65.2 Å². The molecule has 2 aromatic rings. The number of amides is 1. The highest BCUT2D eigenvalue weighted by Crippen LogP contribution is 2.16. The third-order valence-corrected chi connectivity index (χ3v) is 4.37. The molecule has 0 aromatic heterocycles. The lowest BCUT2D eigenvalue weighted by atomic mass is 10.1. The maximum atomic E-state index is 12.3. The van der Waals surface area contributed by atoms with Gasteiger partial charge in [-0.15, -0.1) is 0 Å². The molecule has 5 heteroatoms. The van der Waals surface area contributed by atoms with Gasteiger partial charge in [-0.1, -0.05) is 44.0 Å². The van der Waals surface area contributed by atoms with E-state index in [0.717, 1.165) is 18.4 Å². The lowest BCUT2D eigenvalue weighted by molar-refractivity contribution is -0.120. The summed E-state index contributed by atoms with van der Waals surface area (Å²) >= 11 is 0. The fourth-order valence-electron chi connectivity index (χ4n) is 2.76. The summed E-state index contributed by atoms with van der Waals surface area (Å²) in [6.07, 6.45) is 5.11. The first-order valence-electron chi connectivity index (χ1n) is 9.66. The maximum Gasteiger partial charge on any atom is 0.343 e. The van der Waals surface area contributed by atoms with Gasteiger partial charge >= 0.3 is 5.97 Å². The van der Waals surface area contributed by atoms with E-state index in [2.05, 4.69) is 12.2 Å². The molecule has 1 N–H and O–H groups in total. The van der Waals surface area contributed by atoms with Crippen molar-refractivity contribution < 1.29 is 14.3 Å². The second-order valence-corrected chi connectivity index (χ2v) is 6.62. The third kappa shape index (κ3) is 7.24. The first-order chi connectivity index (χ1) is 13.6. The molecule has 1 amide bonds. The molecule has 5 nitrogen and oxygen atoms in total. The molecule has 0 aliphatic heterocycles. The van der Waals surface area contributed by atoms with Crippen LogP contribution in [-0.4, -0.2) is 18.4 Å². The molecule has 0 fully saturated rings. The Balaban J connectivity index is 1.82. The van der Waals surface area contributed by atoms with Gasteiger partial charge in [0, 0.05) is 6.54 Å². The Morgan fingerprint density at radius 1 is 0.964 bits per heavy atom. The summed E-state index contributed by atoms with van der Waals surface area (Å²) in [5.74, 6) is -0.171. The minimum absolute atomic E-state index is 0.130. The lowest BCUT2D eigenvalue weighted by Gasteiger charge is -2.07. The fraction of sp³-hybridized carbons (Fsp3) is 0.348. The van der Waals surface area contributed by atoms with Crippen LogP contribution >= 0.6 is 0 Å². The summed E-state index contributed by atoms with van der Waals surface area (Å²) in [5.41, 5.74) is 2.77. The lowest BCUT2D eigenvalue weighted by Crippen LogP contribution is -2.24. The van der Waals surface area contributed by atoms with E-state index >= 15 is 0 Å². The zero-order valence-corrected chi connectivity index (χ0v) is 16.2. The van der Waals surface area contributed by atoms with Gasteiger partial charge in [-0.05, 0) is 54.7 Å². The Labute approximate surface area is 166 Å². The number of ether oxygens (including phenoxy) is 1. The van der Waals surface area contributed by atoms with Gasteiger partial charge in [-0.3, -0.25) is 4.79 Å². The van der Waals surface area contributed by atoms with Crippen molar-refractivity contribution in [1.82, 2.24) is 5.32 Å². The first kappa shape index (κ1) is 21.2. The van der Waals surface area contributed by atoms with Gasteiger partial charge in [-0.2, -0.15) is 5.26 Å². The van der Waals surface area contributed by atoms with E-state index < -0.39 is 0 Å². The average Bonchev–Trinajstić information content (AvgIpc) is 2.70. The number of benzene rings is 2. The van der Waals surface area contributed by atoms with E-state index in [1.165, 1.54) is 18.4 Å². The second-order valence-electron chi connectivity index (χ2n) is 6.62. The molecule has 28 heavy (non-hydrogen) atoms.